The summed E-state index contributed by atoms with van der Waals surface area (Å²) >= 11 is 5.61. The van der Waals surface area contributed by atoms with E-state index in [0.717, 1.165) is 0 Å². The fourth-order valence-corrected chi connectivity index (χ4v) is 1.76. The highest BCUT2D eigenvalue weighted by molar-refractivity contribution is 6.30. The van der Waals surface area contributed by atoms with E-state index in [1.165, 1.54) is 25.1 Å². The van der Waals surface area contributed by atoms with Crippen LogP contribution >= 0.6 is 11.6 Å². The lowest BCUT2D eigenvalue weighted by Gasteiger charge is -2.21. The zero-order valence-corrected chi connectivity index (χ0v) is 12.1. The van der Waals surface area contributed by atoms with Gasteiger partial charge in [-0.2, -0.15) is 0 Å². The minimum atomic E-state index is -1.54. The first-order valence-corrected chi connectivity index (χ1v) is 6.47. The Morgan fingerprint density at radius 1 is 1.38 bits per heavy atom. The summed E-state index contributed by atoms with van der Waals surface area (Å²) in [6.45, 7) is 1.21. The largest absolute Gasteiger partial charge is 0.481 e. The molecule has 1 atom stereocenters. The standard InChI is InChI=1S/C13H16ClFN2O4/c1-13(21,5-11(18)19)7-17-12(20)16-6-8-2-3-10(15)9(14)4-8/h2-4,21H,5-7H2,1H3,(H,18,19)(H2,16,17,20). The number of nitrogens with one attached hydrogen (secondary N) is 2. The molecule has 0 bridgehead atoms. The molecule has 0 aromatic heterocycles. The Balaban J connectivity index is 2.40. The van der Waals surface area contributed by atoms with Gasteiger partial charge in [-0.3, -0.25) is 4.79 Å². The number of carbonyl (C=O) groups excluding carboxylic acids is 1. The van der Waals surface area contributed by atoms with Gasteiger partial charge in [-0.1, -0.05) is 17.7 Å². The molecule has 0 aliphatic carbocycles. The predicted molar refractivity (Wildman–Crippen MR) is 74.5 cm³/mol. The van der Waals surface area contributed by atoms with Crippen molar-refractivity contribution in [2.75, 3.05) is 6.54 Å². The van der Waals surface area contributed by atoms with Crippen molar-refractivity contribution in [2.45, 2.75) is 25.5 Å². The molecule has 0 heterocycles. The van der Waals surface area contributed by atoms with E-state index < -0.39 is 29.8 Å². The quantitative estimate of drug-likeness (QED) is 0.639. The van der Waals surface area contributed by atoms with Crippen molar-refractivity contribution in [3.05, 3.63) is 34.6 Å². The molecule has 0 radical (unpaired) electrons. The molecule has 21 heavy (non-hydrogen) atoms. The third-order valence-corrected chi connectivity index (χ3v) is 2.89. The lowest BCUT2D eigenvalue weighted by molar-refractivity contribution is -0.141. The number of hydrogen-bond donors (Lipinski definition) is 4. The van der Waals surface area contributed by atoms with Crippen molar-refractivity contribution >= 4 is 23.6 Å². The van der Waals surface area contributed by atoms with E-state index in [-0.39, 0.29) is 18.1 Å². The molecular formula is C13H16ClFN2O4. The van der Waals surface area contributed by atoms with Crippen molar-refractivity contribution in [3.8, 4) is 0 Å². The summed E-state index contributed by atoms with van der Waals surface area (Å²) in [6.07, 6.45) is -0.485. The normalized spacial score (nSPS) is 13.3. The van der Waals surface area contributed by atoms with Gasteiger partial charge in [-0.15, -0.1) is 0 Å². The van der Waals surface area contributed by atoms with E-state index in [1.807, 2.05) is 0 Å². The van der Waals surface area contributed by atoms with Gasteiger partial charge in [0, 0.05) is 13.1 Å². The van der Waals surface area contributed by atoms with Gasteiger partial charge in [0.1, 0.15) is 5.82 Å². The average Bonchev–Trinajstić information content (AvgIpc) is 2.36. The molecule has 1 aromatic rings. The molecule has 2 amide bonds. The van der Waals surface area contributed by atoms with E-state index in [9.17, 15) is 19.1 Å². The lowest BCUT2D eigenvalue weighted by Crippen LogP contribution is -2.45. The topological polar surface area (TPSA) is 98.7 Å². The minimum Gasteiger partial charge on any atom is -0.481 e. The van der Waals surface area contributed by atoms with Crippen LogP contribution in [-0.4, -0.2) is 34.4 Å². The number of aliphatic carboxylic acids is 1. The zero-order chi connectivity index (χ0) is 16.0. The highest BCUT2D eigenvalue weighted by Gasteiger charge is 2.24. The SMILES string of the molecule is CC(O)(CNC(=O)NCc1ccc(F)c(Cl)c1)CC(=O)O. The van der Waals surface area contributed by atoms with E-state index in [1.54, 1.807) is 0 Å². The van der Waals surface area contributed by atoms with Gasteiger partial charge in [-0.25, -0.2) is 9.18 Å². The number of carboxylic acids is 1. The summed E-state index contributed by atoms with van der Waals surface area (Å²) in [5.74, 6) is -1.71. The Bertz CT molecular complexity index is 537. The molecule has 0 fully saturated rings. The molecule has 6 nitrogen and oxygen atoms in total. The van der Waals surface area contributed by atoms with E-state index in [2.05, 4.69) is 10.6 Å². The second-order valence-electron chi connectivity index (χ2n) is 4.85. The lowest BCUT2D eigenvalue weighted by atomic mass is 10.0. The summed E-state index contributed by atoms with van der Waals surface area (Å²) in [6, 6.07) is 3.47. The number of amides is 2. The van der Waals surface area contributed by atoms with Crippen LogP contribution in [0.1, 0.15) is 18.9 Å². The van der Waals surface area contributed by atoms with Crippen LogP contribution < -0.4 is 10.6 Å². The average molecular weight is 319 g/mol. The highest BCUT2D eigenvalue weighted by Crippen LogP contribution is 2.15. The van der Waals surface area contributed by atoms with Crippen molar-refractivity contribution < 1.29 is 24.2 Å². The first-order valence-electron chi connectivity index (χ1n) is 6.09. The van der Waals surface area contributed by atoms with E-state index in [0.29, 0.717) is 5.56 Å². The number of halogens is 2. The number of carbonyl (C=O) groups is 2. The molecule has 0 saturated heterocycles. The molecule has 4 N–H and O–H groups in total. The summed E-state index contributed by atoms with van der Waals surface area (Å²) in [5.41, 5.74) is -0.934. The number of benzene rings is 1. The fourth-order valence-electron chi connectivity index (χ4n) is 1.55. The van der Waals surface area contributed by atoms with Gasteiger partial charge in [0.05, 0.1) is 17.0 Å². The van der Waals surface area contributed by atoms with Crippen LogP contribution in [0.15, 0.2) is 18.2 Å². The Hall–Kier alpha value is -1.86. The van der Waals surface area contributed by atoms with Crippen LogP contribution in [0, 0.1) is 5.82 Å². The first-order chi connectivity index (χ1) is 9.69. The van der Waals surface area contributed by atoms with Crippen molar-refractivity contribution in [2.24, 2.45) is 0 Å². The number of hydrogen-bond acceptors (Lipinski definition) is 3. The van der Waals surface area contributed by atoms with Crippen molar-refractivity contribution in [3.63, 3.8) is 0 Å². The number of carboxylic acid groups (broad SMARTS) is 1. The second kappa shape index (κ2) is 7.24. The van der Waals surface area contributed by atoms with Crippen LogP contribution in [0.2, 0.25) is 5.02 Å². The van der Waals surface area contributed by atoms with Gasteiger partial charge in [0.25, 0.3) is 0 Å². The third kappa shape index (κ3) is 6.42. The van der Waals surface area contributed by atoms with Gasteiger partial charge in [0.15, 0.2) is 0 Å². The number of aliphatic hydroxyl groups is 1. The summed E-state index contributed by atoms with van der Waals surface area (Å²) < 4.78 is 12.9. The van der Waals surface area contributed by atoms with Crippen LogP contribution in [0.25, 0.3) is 0 Å². The van der Waals surface area contributed by atoms with Gasteiger partial charge >= 0.3 is 12.0 Å². The van der Waals surface area contributed by atoms with E-state index in [4.69, 9.17) is 16.7 Å². The number of urea groups is 1. The molecule has 1 aromatic carbocycles. The molecule has 0 aliphatic rings. The molecule has 0 saturated carbocycles. The number of rotatable bonds is 6. The van der Waals surface area contributed by atoms with Gasteiger partial charge < -0.3 is 20.8 Å². The monoisotopic (exact) mass is 318 g/mol. The molecular weight excluding hydrogens is 303 g/mol. The molecule has 0 aliphatic heterocycles. The highest BCUT2D eigenvalue weighted by atomic mass is 35.5. The minimum absolute atomic E-state index is 0.0425. The Morgan fingerprint density at radius 2 is 2.05 bits per heavy atom. The molecule has 1 unspecified atom stereocenters. The van der Waals surface area contributed by atoms with Crippen LogP contribution in [-0.2, 0) is 11.3 Å². The fraction of sp³-hybridized carbons (Fsp3) is 0.385. The maximum Gasteiger partial charge on any atom is 0.315 e. The summed E-state index contributed by atoms with van der Waals surface area (Å²) in [5, 5.41) is 23.1. The summed E-state index contributed by atoms with van der Waals surface area (Å²) in [7, 11) is 0. The second-order valence-corrected chi connectivity index (χ2v) is 5.26. The predicted octanol–water partition coefficient (Wildman–Crippen LogP) is 1.50. The van der Waals surface area contributed by atoms with Gasteiger partial charge in [0.2, 0.25) is 0 Å². The van der Waals surface area contributed by atoms with Crippen LogP contribution in [0.3, 0.4) is 0 Å². The van der Waals surface area contributed by atoms with Crippen molar-refractivity contribution in [1.29, 1.82) is 0 Å². The maximum absolute atomic E-state index is 12.9. The molecule has 116 valence electrons. The van der Waals surface area contributed by atoms with Crippen LogP contribution in [0.5, 0.6) is 0 Å². The van der Waals surface area contributed by atoms with Gasteiger partial charge in [-0.05, 0) is 24.6 Å². The smallest absolute Gasteiger partial charge is 0.315 e. The Labute approximate surface area is 125 Å². The first kappa shape index (κ1) is 17.2. The maximum atomic E-state index is 12.9. The van der Waals surface area contributed by atoms with Crippen molar-refractivity contribution in [1.82, 2.24) is 10.6 Å². The Morgan fingerprint density at radius 3 is 2.62 bits per heavy atom. The Kier molecular flexibility index (Phi) is 5.92. The van der Waals surface area contributed by atoms with E-state index >= 15 is 0 Å². The zero-order valence-electron chi connectivity index (χ0n) is 11.3. The summed E-state index contributed by atoms with van der Waals surface area (Å²) in [4.78, 5) is 22.0. The third-order valence-electron chi connectivity index (χ3n) is 2.60. The molecule has 0 spiro atoms. The molecule has 8 heteroatoms. The van der Waals surface area contributed by atoms with Crippen LogP contribution in [0.4, 0.5) is 9.18 Å². The molecule has 1 rings (SSSR count).